The summed E-state index contributed by atoms with van der Waals surface area (Å²) in [6.45, 7) is 21.5. The largest absolute Gasteiger partial charge is 0.0776 e. The lowest BCUT2D eigenvalue weighted by molar-refractivity contribution is 0.319. The van der Waals surface area contributed by atoms with Crippen molar-refractivity contribution in [1.82, 2.24) is 0 Å². The third-order valence-corrected chi connectivity index (χ3v) is 2.38. The summed E-state index contributed by atoms with van der Waals surface area (Å²) in [5, 5.41) is 0. The third kappa shape index (κ3) is 152. The molecule has 0 aromatic carbocycles. The van der Waals surface area contributed by atoms with E-state index in [9.17, 15) is 0 Å². The van der Waals surface area contributed by atoms with Crippen molar-refractivity contribution >= 4 is 0 Å². The van der Waals surface area contributed by atoms with Gasteiger partial charge in [0.1, 0.15) is 0 Å². The van der Waals surface area contributed by atoms with Gasteiger partial charge in [-0.15, -0.1) is 0 Å². The molecule has 24 heavy (non-hydrogen) atoms. The molecule has 0 N–H and O–H groups in total. The molecule has 0 aliphatic heterocycles. The van der Waals surface area contributed by atoms with Crippen LogP contribution in [0.2, 0.25) is 0 Å². The number of hydrogen-bond donors (Lipinski definition) is 0. The predicted octanol–water partition coefficient (Wildman–Crippen LogP) is 12.2. The molecule has 0 aromatic rings. The van der Waals surface area contributed by atoms with Gasteiger partial charge in [0.2, 0.25) is 0 Å². The average molecular weight is 361 g/mol. The van der Waals surface area contributed by atoms with E-state index in [2.05, 4.69) is 41.5 Å². The molecule has 0 aliphatic rings. The highest BCUT2D eigenvalue weighted by atomic mass is 14.2. The maximum absolute atomic E-state index is 2.33. The van der Waals surface area contributed by atoms with E-state index in [0.29, 0.717) is 5.41 Å². The van der Waals surface area contributed by atoms with E-state index < -0.39 is 0 Å². The molecule has 0 aliphatic carbocycles. The molecule has 0 rings (SSSR count). The van der Waals surface area contributed by atoms with Crippen LogP contribution in [0.1, 0.15) is 161 Å². The van der Waals surface area contributed by atoms with Gasteiger partial charge in [-0.25, -0.2) is 0 Å². The van der Waals surface area contributed by atoms with Crippen LogP contribution in [0.4, 0.5) is 0 Å². The van der Waals surface area contributed by atoms with E-state index in [1.807, 2.05) is 27.7 Å². The van der Waals surface area contributed by atoms with Gasteiger partial charge in [0.05, 0.1) is 0 Å². The number of unbranched alkanes of at least 4 members (excludes halogenated alkanes) is 1. The Morgan fingerprint density at radius 2 is 0.667 bits per heavy atom. The molecule has 0 heterocycles. The van der Waals surface area contributed by atoms with E-state index in [0.717, 1.165) is 0 Å². The van der Waals surface area contributed by atoms with Crippen molar-refractivity contribution < 1.29 is 0 Å². The first-order valence-corrected chi connectivity index (χ1v) is 7.54. The van der Waals surface area contributed by atoms with Gasteiger partial charge in [-0.05, 0) is 11.8 Å². The molecule has 0 bridgehead atoms. The molecule has 168 valence electrons. The zero-order valence-electron chi connectivity index (χ0n) is 14.0. The minimum absolute atomic E-state index is 0. The van der Waals surface area contributed by atoms with Crippen LogP contribution in [-0.2, 0) is 0 Å². The van der Waals surface area contributed by atoms with Gasteiger partial charge in [-0.2, -0.15) is 0 Å². The van der Waals surface area contributed by atoms with Crippen molar-refractivity contribution in [3.8, 4) is 0 Å². The second-order valence-corrected chi connectivity index (χ2v) is 4.27. The molecule has 0 fully saturated rings. The number of hydrogen-bond acceptors (Lipinski definition) is 0. The smallest absolute Gasteiger partial charge is 0.0357 e. The first kappa shape index (κ1) is 88.2. The summed E-state index contributed by atoms with van der Waals surface area (Å²) >= 11 is 0. The Morgan fingerprint density at radius 1 is 0.458 bits per heavy atom. The quantitative estimate of drug-likeness (QED) is 0.467. The fourth-order valence-corrected chi connectivity index (χ4v) is 0.854. The lowest BCUT2D eigenvalue weighted by atomic mass is 9.86. The Morgan fingerprint density at radius 3 is 0.708 bits per heavy atom. The zero-order chi connectivity index (χ0) is 14.0. The first-order chi connectivity index (χ1) is 7.54. The zero-order valence-corrected chi connectivity index (χ0v) is 14.0. The van der Waals surface area contributed by atoms with E-state index in [-0.39, 0.29) is 59.4 Å². The SMILES string of the molecule is C.C.C.C.C.C.C.C.CC.CC.CCCC.CCCC(C)(C)CC. The van der Waals surface area contributed by atoms with Crippen LogP contribution in [-0.4, -0.2) is 0 Å². The van der Waals surface area contributed by atoms with Crippen molar-refractivity contribution in [2.45, 2.75) is 161 Å². The Hall–Kier alpha value is 0. The summed E-state index contributed by atoms with van der Waals surface area (Å²) in [7, 11) is 0. The number of rotatable bonds is 4. The van der Waals surface area contributed by atoms with Crippen molar-refractivity contribution in [3.05, 3.63) is 0 Å². The summed E-state index contributed by atoms with van der Waals surface area (Å²) in [5.41, 5.74) is 0.592. The summed E-state index contributed by atoms with van der Waals surface area (Å²) < 4.78 is 0. The Balaban J connectivity index is -0.00000000814. The monoisotopic (exact) mass is 361 g/mol. The standard InChI is InChI=1S/C8H18.C4H10.2C2H6.8CH4/c1-5-7-8(3,4)6-2;1-3-4-2;2*1-2;;;;;;;;/h5-7H2,1-4H3;3-4H2,1-2H3;2*1-2H3;8*1H4. The third-order valence-electron chi connectivity index (χ3n) is 2.38. The lowest BCUT2D eigenvalue weighted by Crippen LogP contribution is -2.07. The van der Waals surface area contributed by atoms with Crippen LogP contribution in [0.3, 0.4) is 0 Å². The van der Waals surface area contributed by atoms with Crippen LogP contribution >= 0.6 is 0 Å². The Kier molecular flexibility index (Phi) is 338. The molecule has 0 radical (unpaired) electrons. The Bertz CT molecular complexity index is 70.1. The van der Waals surface area contributed by atoms with Crippen molar-refractivity contribution in [1.29, 1.82) is 0 Å². The maximum Gasteiger partial charge on any atom is -0.0357 e. The summed E-state index contributed by atoms with van der Waals surface area (Å²) in [4.78, 5) is 0. The van der Waals surface area contributed by atoms with Gasteiger partial charge in [-0.1, -0.05) is 154 Å². The molecule has 0 saturated carbocycles. The topological polar surface area (TPSA) is 0 Å². The highest BCUT2D eigenvalue weighted by Crippen LogP contribution is 2.25. The second-order valence-electron chi connectivity index (χ2n) is 4.27. The molecule has 0 heteroatoms. The molecular formula is C24H72. The molecule has 0 amide bonds. The van der Waals surface area contributed by atoms with Crippen LogP contribution in [0.5, 0.6) is 0 Å². The van der Waals surface area contributed by atoms with Crippen LogP contribution in [0, 0.1) is 5.41 Å². The highest BCUT2D eigenvalue weighted by Gasteiger charge is 2.11. The van der Waals surface area contributed by atoms with Crippen molar-refractivity contribution in [3.63, 3.8) is 0 Å². The Labute approximate surface area is 166 Å². The van der Waals surface area contributed by atoms with Gasteiger partial charge in [0.25, 0.3) is 0 Å². The first-order valence-electron chi connectivity index (χ1n) is 7.54. The highest BCUT2D eigenvalue weighted by molar-refractivity contribution is 4.63. The second kappa shape index (κ2) is 92.0. The minimum atomic E-state index is 0. The van der Waals surface area contributed by atoms with Gasteiger partial charge in [-0.3, -0.25) is 0 Å². The van der Waals surface area contributed by atoms with Gasteiger partial charge in [0.15, 0.2) is 0 Å². The molecule has 0 saturated heterocycles. The lowest BCUT2D eigenvalue weighted by Gasteiger charge is -2.20. The fraction of sp³-hybridized carbons (Fsp3) is 1.00. The van der Waals surface area contributed by atoms with Gasteiger partial charge in [0, 0.05) is 0 Å². The van der Waals surface area contributed by atoms with E-state index in [1.165, 1.54) is 32.1 Å². The molecule has 0 atom stereocenters. The normalized spacial score (nSPS) is 5.75. The summed E-state index contributed by atoms with van der Waals surface area (Å²) in [5.74, 6) is 0. The van der Waals surface area contributed by atoms with Crippen LogP contribution in [0.15, 0.2) is 0 Å². The molecular weight excluding hydrogens is 288 g/mol. The maximum atomic E-state index is 2.33. The van der Waals surface area contributed by atoms with Crippen LogP contribution < -0.4 is 0 Å². The molecule has 0 nitrogen and oxygen atoms in total. The van der Waals surface area contributed by atoms with Gasteiger partial charge < -0.3 is 0 Å². The predicted molar refractivity (Wildman–Crippen MR) is 136 cm³/mol. The van der Waals surface area contributed by atoms with Crippen molar-refractivity contribution in [2.75, 3.05) is 0 Å². The molecule has 0 unspecified atom stereocenters. The van der Waals surface area contributed by atoms with E-state index in [4.69, 9.17) is 0 Å². The molecule has 0 aromatic heterocycles. The minimum Gasteiger partial charge on any atom is -0.0776 e. The fourth-order valence-electron chi connectivity index (χ4n) is 0.854. The van der Waals surface area contributed by atoms with E-state index in [1.54, 1.807) is 0 Å². The summed E-state index contributed by atoms with van der Waals surface area (Å²) in [6.07, 6.45) is 6.63. The average Bonchev–Trinajstić information content (AvgIpc) is 2.34. The molecule has 0 spiro atoms. The van der Waals surface area contributed by atoms with Crippen molar-refractivity contribution in [2.24, 2.45) is 5.41 Å². The van der Waals surface area contributed by atoms with Gasteiger partial charge >= 0.3 is 0 Å². The summed E-state index contributed by atoms with van der Waals surface area (Å²) in [6, 6.07) is 0. The van der Waals surface area contributed by atoms with E-state index >= 15 is 0 Å². The van der Waals surface area contributed by atoms with Crippen LogP contribution in [0.25, 0.3) is 0 Å².